The van der Waals surface area contributed by atoms with E-state index in [1.54, 1.807) is 11.9 Å². The van der Waals surface area contributed by atoms with E-state index >= 15 is 0 Å². The lowest BCUT2D eigenvalue weighted by Crippen LogP contribution is -2.49. The number of fused-ring (bicyclic) bond motifs is 2. The number of carbonyl (C=O) groups is 1. The molecule has 0 spiro atoms. The third-order valence-corrected chi connectivity index (χ3v) is 6.64. The van der Waals surface area contributed by atoms with Gasteiger partial charge >= 0.3 is 0 Å². The Labute approximate surface area is 147 Å². The molecule has 2 aliphatic heterocycles. The monoisotopic (exact) mass is 369 g/mol. The number of carbonyl (C=O) groups excluding carboxylic acids is 1. The predicted molar refractivity (Wildman–Crippen MR) is 91.9 cm³/mol. The highest BCUT2D eigenvalue weighted by Crippen LogP contribution is 2.29. The van der Waals surface area contributed by atoms with Gasteiger partial charge in [-0.3, -0.25) is 4.79 Å². The zero-order chi connectivity index (χ0) is 18.0. The van der Waals surface area contributed by atoms with Crippen molar-refractivity contribution >= 4 is 15.9 Å². The minimum Gasteiger partial charge on any atom is -0.343 e. The largest absolute Gasteiger partial charge is 0.343 e. The summed E-state index contributed by atoms with van der Waals surface area (Å²) in [6, 6.07) is 6.36. The molecule has 8 heteroatoms. The Morgan fingerprint density at radius 1 is 1.28 bits per heavy atom. The van der Waals surface area contributed by atoms with Gasteiger partial charge in [0.05, 0.1) is 0 Å². The Kier molecular flexibility index (Phi) is 5.41. The first-order valence-electron chi connectivity index (χ1n) is 8.63. The molecule has 1 aromatic rings. The van der Waals surface area contributed by atoms with E-state index in [9.17, 15) is 17.6 Å². The van der Waals surface area contributed by atoms with E-state index in [4.69, 9.17) is 0 Å². The maximum atomic E-state index is 13.6. The molecule has 25 heavy (non-hydrogen) atoms. The van der Waals surface area contributed by atoms with Crippen LogP contribution in [0.4, 0.5) is 4.39 Å². The van der Waals surface area contributed by atoms with Gasteiger partial charge in [0.1, 0.15) is 10.7 Å². The van der Waals surface area contributed by atoms with Crippen molar-refractivity contribution in [1.82, 2.24) is 14.9 Å². The molecule has 2 bridgehead atoms. The molecule has 3 rings (SSSR count). The molecule has 2 heterocycles. The molecule has 2 atom stereocenters. The van der Waals surface area contributed by atoms with Crippen molar-refractivity contribution in [2.75, 3.05) is 13.6 Å². The number of rotatable bonds is 6. The van der Waals surface area contributed by atoms with E-state index in [2.05, 4.69) is 10.0 Å². The Balaban J connectivity index is 1.51. The highest BCUT2D eigenvalue weighted by Gasteiger charge is 2.36. The van der Waals surface area contributed by atoms with Crippen LogP contribution in [0, 0.1) is 5.82 Å². The number of hydrogen-bond donors (Lipinski definition) is 2. The standard InChI is InChI=1S/C17H24FN3O3S/c1-21(14-10-12-6-7-13(11-14)20-12)17(22)8-9-19-25(23,24)16-5-3-2-4-15(16)18/h2-5,12-14,19-20H,6-11H2,1H3. The van der Waals surface area contributed by atoms with Crippen LogP contribution in [-0.2, 0) is 14.8 Å². The minimum atomic E-state index is -3.95. The van der Waals surface area contributed by atoms with Crippen molar-refractivity contribution in [2.45, 2.75) is 55.1 Å². The van der Waals surface area contributed by atoms with Crippen molar-refractivity contribution in [3.8, 4) is 0 Å². The van der Waals surface area contributed by atoms with Crippen LogP contribution in [0.5, 0.6) is 0 Å². The van der Waals surface area contributed by atoms with Gasteiger partial charge in [-0.1, -0.05) is 12.1 Å². The quantitative estimate of drug-likeness (QED) is 0.791. The van der Waals surface area contributed by atoms with Gasteiger partial charge in [0.25, 0.3) is 0 Å². The number of amides is 1. The summed E-state index contributed by atoms with van der Waals surface area (Å²) in [6.07, 6.45) is 4.26. The second-order valence-electron chi connectivity index (χ2n) is 6.85. The van der Waals surface area contributed by atoms with E-state index in [-0.39, 0.29) is 24.9 Å². The number of piperidine rings is 1. The van der Waals surface area contributed by atoms with E-state index < -0.39 is 20.7 Å². The predicted octanol–water partition coefficient (Wildman–Crippen LogP) is 1.24. The molecule has 6 nitrogen and oxygen atoms in total. The average Bonchev–Trinajstić information content (AvgIpc) is 2.92. The fraction of sp³-hybridized carbons (Fsp3) is 0.588. The molecular weight excluding hydrogens is 345 g/mol. The third-order valence-electron chi connectivity index (χ3n) is 5.15. The molecule has 1 amide bonds. The number of nitrogens with one attached hydrogen (secondary N) is 2. The van der Waals surface area contributed by atoms with E-state index in [1.165, 1.54) is 18.2 Å². The smallest absolute Gasteiger partial charge is 0.243 e. The summed E-state index contributed by atoms with van der Waals surface area (Å²) in [5, 5.41) is 3.54. The normalized spacial score (nSPS) is 25.8. The SMILES string of the molecule is CN(C(=O)CCNS(=O)(=O)c1ccccc1F)C1CC2CCC(C1)N2. The fourth-order valence-electron chi connectivity index (χ4n) is 3.76. The topological polar surface area (TPSA) is 78.5 Å². The van der Waals surface area contributed by atoms with Crippen LogP contribution >= 0.6 is 0 Å². The first-order valence-corrected chi connectivity index (χ1v) is 10.1. The van der Waals surface area contributed by atoms with Crippen LogP contribution in [-0.4, -0.2) is 50.9 Å². The van der Waals surface area contributed by atoms with Gasteiger partial charge < -0.3 is 10.2 Å². The molecule has 1 aromatic carbocycles. The summed E-state index contributed by atoms with van der Waals surface area (Å²) in [6.45, 7) is -0.0440. The Hall–Kier alpha value is -1.51. The molecular formula is C17H24FN3O3S. The summed E-state index contributed by atoms with van der Waals surface area (Å²) in [4.78, 5) is 13.7. The van der Waals surface area contributed by atoms with Crippen LogP contribution in [0.2, 0.25) is 0 Å². The summed E-state index contributed by atoms with van der Waals surface area (Å²) in [7, 11) is -2.17. The third kappa shape index (κ3) is 4.19. The van der Waals surface area contributed by atoms with Crippen LogP contribution < -0.4 is 10.0 Å². The molecule has 2 saturated heterocycles. The molecule has 0 aromatic heterocycles. The minimum absolute atomic E-state index is 0.0440. The molecule has 2 aliphatic rings. The van der Waals surface area contributed by atoms with Gasteiger partial charge in [-0.15, -0.1) is 0 Å². The van der Waals surface area contributed by atoms with Crippen molar-refractivity contribution in [2.24, 2.45) is 0 Å². The second kappa shape index (κ2) is 7.39. The lowest BCUT2D eigenvalue weighted by molar-refractivity contribution is -0.132. The Morgan fingerprint density at radius 3 is 2.56 bits per heavy atom. The summed E-state index contributed by atoms with van der Waals surface area (Å²) < 4.78 is 40.2. The molecule has 2 N–H and O–H groups in total. The molecule has 0 aliphatic carbocycles. The Morgan fingerprint density at radius 2 is 1.92 bits per heavy atom. The summed E-state index contributed by atoms with van der Waals surface area (Å²) >= 11 is 0. The van der Waals surface area contributed by atoms with Crippen molar-refractivity contribution < 1.29 is 17.6 Å². The number of benzene rings is 1. The van der Waals surface area contributed by atoms with Crippen molar-refractivity contribution in [1.29, 1.82) is 0 Å². The van der Waals surface area contributed by atoms with Crippen molar-refractivity contribution in [3.05, 3.63) is 30.1 Å². The first kappa shape index (κ1) is 18.3. The molecule has 2 unspecified atom stereocenters. The highest BCUT2D eigenvalue weighted by atomic mass is 32.2. The second-order valence-corrected chi connectivity index (χ2v) is 8.58. The number of hydrogen-bond acceptors (Lipinski definition) is 4. The van der Waals surface area contributed by atoms with Crippen molar-refractivity contribution in [3.63, 3.8) is 0 Å². The van der Waals surface area contributed by atoms with Crippen LogP contribution in [0.3, 0.4) is 0 Å². The van der Waals surface area contributed by atoms with Gasteiger partial charge in [-0.05, 0) is 37.8 Å². The lowest BCUT2D eigenvalue weighted by atomic mass is 9.98. The van der Waals surface area contributed by atoms with E-state index in [0.717, 1.165) is 31.7 Å². The first-order chi connectivity index (χ1) is 11.9. The maximum absolute atomic E-state index is 13.6. The fourth-order valence-corrected chi connectivity index (χ4v) is 4.86. The molecule has 2 fully saturated rings. The van der Waals surface area contributed by atoms with Crippen LogP contribution in [0.1, 0.15) is 32.1 Å². The van der Waals surface area contributed by atoms with Gasteiger partial charge in [0.2, 0.25) is 15.9 Å². The highest BCUT2D eigenvalue weighted by molar-refractivity contribution is 7.89. The summed E-state index contributed by atoms with van der Waals surface area (Å²) in [5.41, 5.74) is 0. The zero-order valence-electron chi connectivity index (χ0n) is 14.2. The summed E-state index contributed by atoms with van der Waals surface area (Å²) in [5.74, 6) is -0.897. The van der Waals surface area contributed by atoms with E-state index in [1.807, 2.05) is 0 Å². The molecule has 0 saturated carbocycles. The number of nitrogens with zero attached hydrogens (tertiary/aromatic N) is 1. The van der Waals surface area contributed by atoms with Gasteiger partial charge in [-0.25, -0.2) is 17.5 Å². The average molecular weight is 369 g/mol. The molecule has 0 radical (unpaired) electrons. The zero-order valence-corrected chi connectivity index (χ0v) is 15.1. The van der Waals surface area contributed by atoms with Crippen LogP contribution in [0.15, 0.2) is 29.2 Å². The van der Waals surface area contributed by atoms with Crippen LogP contribution in [0.25, 0.3) is 0 Å². The van der Waals surface area contributed by atoms with Gasteiger partial charge in [0, 0.05) is 38.1 Å². The van der Waals surface area contributed by atoms with E-state index in [0.29, 0.717) is 12.1 Å². The Bertz CT molecular complexity index is 728. The number of halogens is 1. The number of sulfonamides is 1. The van der Waals surface area contributed by atoms with Gasteiger partial charge in [-0.2, -0.15) is 0 Å². The van der Waals surface area contributed by atoms with Gasteiger partial charge in [0.15, 0.2) is 0 Å². The maximum Gasteiger partial charge on any atom is 0.243 e. The molecule has 138 valence electrons. The lowest BCUT2D eigenvalue weighted by Gasteiger charge is -2.35.